The highest BCUT2D eigenvalue weighted by molar-refractivity contribution is 7.09. The standard InChI is InChI=1S/C17H23N7S/c1-12-14(25-11-22-12)5-6-23(2)13-3-7-24(8-4-13)17-15-16(19-9-18-15)20-10-21-17/h9-11,13H,3-8H2,1-2H3,(H,18,19,20,21). The summed E-state index contributed by atoms with van der Waals surface area (Å²) in [6.07, 6.45) is 6.68. The molecule has 132 valence electrons. The zero-order chi connectivity index (χ0) is 17.2. The number of anilines is 1. The van der Waals surface area contributed by atoms with Crippen molar-refractivity contribution in [3.05, 3.63) is 28.7 Å². The molecule has 1 aliphatic rings. The molecule has 0 spiro atoms. The monoisotopic (exact) mass is 357 g/mol. The van der Waals surface area contributed by atoms with Crippen LogP contribution in [-0.2, 0) is 6.42 Å². The molecule has 1 saturated heterocycles. The number of aromatic amines is 1. The molecule has 0 atom stereocenters. The number of nitrogens with one attached hydrogen (secondary N) is 1. The number of aryl methyl sites for hydroxylation is 1. The van der Waals surface area contributed by atoms with Gasteiger partial charge in [0.2, 0.25) is 0 Å². The number of hydrogen-bond donors (Lipinski definition) is 1. The number of imidazole rings is 1. The van der Waals surface area contributed by atoms with E-state index < -0.39 is 0 Å². The van der Waals surface area contributed by atoms with Crippen molar-refractivity contribution in [1.29, 1.82) is 0 Å². The van der Waals surface area contributed by atoms with E-state index in [9.17, 15) is 0 Å². The van der Waals surface area contributed by atoms with Gasteiger partial charge in [-0.25, -0.2) is 19.9 Å². The number of rotatable bonds is 5. The first-order valence-corrected chi connectivity index (χ1v) is 9.58. The Bertz CT molecular complexity index is 834. The maximum absolute atomic E-state index is 4.48. The van der Waals surface area contributed by atoms with Crippen LogP contribution in [-0.4, -0.2) is 62.5 Å². The highest BCUT2D eigenvalue weighted by Gasteiger charge is 2.24. The van der Waals surface area contributed by atoms with Crippen LogP contribution < -0.4 is 4.90 Å². The summed E-state index contributed by atoms with van der Waals surface area (Å²) < 4.78 is 0. The van der Waals surface area contributed by atoms with Gasteiger partial charge in [-0.3, -0.25) is 0 Å². The minimum absolute atomic E-state index is 0.628. The number of piperidine rings is 1. The van der Waals surface area contributed by atoms with E-state index in [1.807, 2.05) is 5.51 Å². The van der Waals surface area contributed by atoms with Crippen molar-refractivity contribution in [2.75, 3.05) is 31.6 Å². The van der Waals surface area contributed by atoms with E-state index >= 15 is 0 Å². The summed E-state index contributed by atoms with van der Waals surface area (Å²) in [5, 5.41) is 0. The van der Waals surface area contributed by atoms with E-state index in [1.54, 1.807) is 24.0 Å². The van der Waals surface area contributed by atoms with E-state index in [4.69, 9.17) is 0 Å². The fraction of sp³-hybridized carbons (Fsp3) is 0.529. The first-order valence-electron chi connectivity index (χ1n) is 8.70. The lowest BCUT2D eigenvalue weighted by Gasteiger charge is -2.37. The molecule has 0 radical (unpaired) electrons. The highest BCUT2D eigenvalue weighted by Crippen LogP contribution is 2.25. The Balaban J connectivity index is 1.35. The van der Waals surface area contributed by atoms with Gasteiger partial charge in [-0.2, -0.15) is 0 Å². The Morgan fingerprint density at radius 1 is 1.24 bits per heavy atom. The first kappa shape index (κ1) is 16.4. The van der Waals surface area contributed by atoms with Gasteiger partial charge in [0.05, 0.1) is 17.5 Å². The largest absolute Gasteiger partial charge is 0.355 e. The summed E-state index contributed by atoms with van der Waals surface area (Å²) in [7, 11) is 2.24. The summed E-state index contributed by atoms with van der Waals surface area (Å²) in [5.41, 5.74) is 4.81. The molecule has 3 aromatic rings. The van der Waals surface area contributed by atoms with Gasteiger partial charge in [-0.05, 0) is 33.2 Å². The van der Waals surface area contributed by atoms with Crippen molar-refractivity contribution in [3.63, 3.8) is 0 Å². The van der Waals surface area contributed by atoms with Gasteiger partial charge in [0.1, 0.15) is 11.8 Å². The van der Waals surface area contributed by atoms with Crippen LogP contribution in [0.4, 0.5) is 5.82 Å². The van der Waals surface area contributed by atoms with E-state index in [0.717, 1.165) is 55.9 Å². The molecule has 7 nitrogen and oxygen atoms in total. The second-order valence-electron chi connectivity index (χ2n) is 6.61. The van der Waals surface area contributed by atoms with Crippen LogP contribution in [0.1, 0.15) is 23.4 Å². The third kappa shape index (κ3) is 3.36. The summed E-state index contributed by atoms with van der Waals surface area (Å²) in [6.45, 7) is 5.22. The molecule has 8 heteroatoms. The molecule has 0 aromatic carbocycles. The summed E-state index contributed by atoms with van der Waals surface area (Å²) >= 11 is 1.77. The fourth-order valence-electron chi connectivity index (χ4n) is 3.54. The zero-order valence-electron chi connectivity index (χ0n) is 14.6. The molecule has 0 aliphatic carbocycles. The second-order valence-corrected chi connectivity index (χ2v) is 7.55. The SMILES string of the molecule is Cc1ncsc1CCN(C)C1CCN(c2ncnc3nc[nH]c23)CC1. The van der Waals surface area contributed by atoms with Gasteiger partial charge in [0, 0.05) is 30.6 Å². The number of H-pyrrole nitrogens is 1. The van der Waals surface area contributed by atoms with Crippen LogP contribution in [0.15, 0.2) is 18.2 Å². The number of hydrogen-bond acceptors (Lipinski definition) is 7. The molecule has 0 amide bonds. The van der Waals surface area contributed by atoms with Crippen molar-refractivity contribution < 1.29 is 0 Å². The number of aromatic nitrogens is 5. The van der Waals surface area contributed by atoms with Crippen molar-refractivity contribution in [2.24, 2.45) is 0 Å². The molecule has 1 aliphatic heterocycles. The maximum Gasteiger partial charge on any atom is 0.182 e. The minimum Gasteiger partial charge on any atom is -0.355 e. The average molecular weight is 357 g/mol. The molecule has 3 aromatic heterocycles. The lowest BCUT2D eigenvalue weighted by Crippen LogP contribution is -2.44. The Hall–Kier alpha value is -2.06. The fourth-order valence-corrected chi connectivity index (χ4v) is 4.31. The molecule has 4 heterocycles. The summed E-state index contributed by atoms with van der Waals surface area (Å²) in [6, 6.07) is 0.628. The van der Waals surface area contributed by atoms with E-state index in [1.165, 1.54) is 10.6 Å². The second kappa shape index (κ2) is 7.05. The molecular formula is C17H23N7S. The van der Waals surface area contributed by atoms with E-state index in [2.05, 4.69) is 48.7 Å². The first-order chi connectivity index (χ1) is 12.2. The zero-order valence-corrected chi connectivity index (χ0v) is 15.5. The number of thiazole rings is 1. The van der Waals surface area contributed by atoms with Crippen LogP contribution in [0, 0.1) is 6.92 Å². The van der Waals surface area contributed by atoms with Gasteiger partial charge in [-0.1, -0.05) is 0 Å². The van der Waals surface area contributed by atoms with Crippen molar-refractivity contribution in [2.45, 2.75) is 32.2 Å². The predicted octanol–water partition coefficient (Wildman–Crippen LogP) is 2.26. The molecule has 1 fully saturated rings. The Morgan fingerprint density at radius 3 is 2.84 bits per heavy atom. The van der Waals surface area contributed by atoms with Gasteiger partial charge in [-0.15, -0.1) is 11.3 Å². The maximum atomic E-state index is 4.48. The lowest BCUT2D eigenvalue weighted by atomic mass is 10.0. The quantitative estimate of drug-likeness (QED) is 0.755. The van der Waals surface area contributed by atoms with Gasteiger partial charge >= 0.3 is 0 Å². The topological polar surface area (TPSA) is 73.8 Å². The van der Waals surface area contributed by atoms with E-state index in [0.29, 0.717) is 6.04 Å². The molecule has 0 saturated carbocycles. The molecule has 4 rings (SSSR count). The van der Waals surface area contributed by atoms with Gasteiger partial charge < -0.3 is 14.8 Å². The third-order valence-electron chi connectivity index (χ3n) is 5.13. The van der Waals surface area contributed by atoms with Gasteiger partial charge in [0.15, 0.2) is 11.5 Å². The summed E-state index contributed by atoms with van der Waals surface area (Å²) in [4.78, 5) is 26.7. The van der Waals surface area contributed by atoms with Crippen LogP contribution >= 0.6 is 11.3 Å². The molecule has 0 bridgehead atoms. The third-order valence-corrected chi connectivity index (χ3v) is 6.12. The summed E-state index contributed by atoms with van der Waals surface area (Å²) in [5.74, 6) is 0.976. The lowest BCUT2D eigenvalue weighted by molar-refractivity contribution is 0.210. The molecule has 0 unspecified atom stereocenters. The number of fused-ring (bicyclic) bond motifs is 1. The smallest absolute Gasteiger partial charge is 0.182 e. The van der Waals surface area contributed by atoms with Crippen LogP contribution in [0.5, 0.6) is 0 Å². The molecule has 1 N–H and O–H groups in total. The van der Waals surface area contributed by atoms with Crippen molar-refractivity contribution >= 4 is 28.3 Å². The van der Waals surface area contributed by atoms with Crippen molar-refractivity contribution in [1.82, 2.24) is 29.8 Å². The normalized spacial score (nSPS) is 16.2. The number of likely N-dealkylation sites (N-methyl/N-ethyl adjacent to an activating group) is 1. The Kier molecular flexibility index (Phi) is 4.63. The molecule has 25 heavy (non-hydrogen) atoms. The highest BCUT2D eigenvalue weighted by atomic mass is 32.1. The molecular weight excluding hydrogens is 334 g/mol. The Labute approximate surface area is 151 Å². The van der Waals surface area contributed by atoms with Crippen LogP contribution in [0.25, 0.3) is 11.2 Å². The minimum atomic E-state index is 0.628. The average Bonchev–Trinajstić information content (AvgIpc) is 3.28. The Morgan fingerprint density at radius 2 is 2.08 bits per heavy atom. The number of nitrogens with zero attached hydrogens (tertiary/aromatic N) is 6. The predicted molar refractivity (Wildman–Crippen MR) is 100 cm³/mol. The van der Waals surface area contributed by atoms with Gasteiger partial charge in [0.25, 0.3) is 0 Å². The van der Waals surface area contributed by atoms with Crippen LogP contribution in [0.2, 0.25) is 0 Å². The van der Waals surface area contributed by atoms with Crippen LogP contribution in [0.3, 0.4) is 0 Å². The van der Waals surface area contributed by atoms with Crippen molar-refractivity contribution in [3.8, 4) is 0 Å². The van der Waals surface area contributed by atoms with E-state index in [-0.39, 0.29) is 0 Å².